The lowest BCUT2D eigenvalue weighted by atomic mass is 10.2. The van der Waals surface area contributed by atoms with E-state index in [0.717, 1.165) is 11.5 Å². The lowest BCUT2D eigenvalue weighted by Gasteiger charge is -2.34. The number of piperazine rings is 1. The fourth-order valence-corrected chi connectivity index (χ4v) is 5.04. The first-order valence-corrected chi connectivity index (χ1v) is 11.9. The van der Waals surface area contributed by atoms with Gasteiger partial charge in [0.2, 0.25) is 10.0 Å². The number of hydrogen-bond donors (Lipinski definition) is 1. The SMILES string of the molecule is COc1ccc(S(=O)(=O)N2CCN(c3cc(Nc4ccc(C)cc4)nc(C)n3)CC2)cc1. The van der Waals surface area contributed by atoms with E-state index >= 15 is 0 Å². The highest BCUT2D eigenvalue weighted by molar-refractivity contribution is 7.89. The molecule has 1 aliphatic heterocycles. The molecule has 168 valence electrons. The fraction of sp³-hybridized carbons (Fsp3) is 0.304. The molecule has 0 atom stereocenters. The van der Waals surface area contributed by atoms with Gasteiger partial charge >= 0.3 is 0 Å². The second-order valence-electron chi connectivity index (χ2n) is 7.72. The number of hydrogen-bond acceptors (Lipinski definition) is 7. The van der Waals surface area contributed by atoms with Crippen LogP contribution in [0.25, 0.3) is 0 Å². The Balaban J connectivity index is 1.45. The van der Waals surface area contributed by atoms with E-state index < -0.39 is 10.0 Å². The minimum absolute atomic E-state index is 0.272. The summed E-state index contributed by atoms with van der Waals surface area (Å²) < 4.78 is 32.6. The van der Waals surface area contributed by atoms with Gasteiger partial charge in [-0.1, -0.05) is 17.7 Å². The zero-order valence-corrected chi connectivity index (χ0v) is 19.3. The first-order chi connectivity index (χ1) is 15.3. The van der Waals surface area contributed by atoms with Crippen LogP contribution >= 0.6 is 0 Å². The van der Waals surface area contributed by atoms with Crippen molar-refractivity contribution >= 4 is 27.3 Å². The van der Waals surface area contributed by atoms with E-state index in [2.05, 4.69) is 20.2 Å². The molecule has 1 aromatic heterocycles. The average molecular weight is 454 g/mol. The van der Waals surface area contributed by atoms with Gasteiger partial charge in [0.1, 0.15) is 23.2 Å². The highest BCUT2D eigenvalue weighted by atomic mass is 32.2. The highest BCUT2D eigenvalue weighted by Crippen LogP contribution is 2.24. The monoisotopic (exact) mass is 453 g/mol. The van der Waals surface area contributed by atoms with Crippen LogP contribution < -0.4 is 15.0 Å². The molecule has 8 nitrogen and oxygen atoms in total. The van der Waals surface area contributed by atoms with Gasteiger partial charge in [-0.15, -0.1) is 0 Å². The summed E-state index contributed by atoms with van der Waals surface area (Å²) >= 11 is 0. The number of rotatable bonds is 6. The minimum atomic E-state index is -3.55. The van der Waals surface area contributed by atoms with E-state index in [-0.39, 0.29) is 4.90 Å². The molecule has 1 fully saturated rings. The number of nitrogens with one attached hydrogen (secondary N) is 1. The summed E-state index contributed by atoms with van der Waals surface area (Å²) in [6, 6.07) is 16.5. The van der Waals surface area contributed by atoms with Crippen LogP contribution in [0.15, 0.2) is 59.5 Å². The molecule has 2 aromatic carbocycles. The van der Waals surface area contributed by atoms with Crippen molar-refractivity contribution in [2.45, 2.75) is 18.7 Å². The van der Waals surface area contributed by atoms with Gasteiger partial charge in [0, 0.05) is 37.9 Å². The van der Waals surface area contributed by atoms with Crippen molar-refractivity contribution in [2.24, 2.45) is 0 Å². The summed E-state index contributed by atoms with van der Waals surface area (Å²) in [4.78, 5) is 11.4. The molecule has 32 heavy (non-hydrogen) atoms. The topological polar surface area (TPSA) is 87.7 Å². The van der Waals surface area contributed by atoms with E-state index in [9.17, 15) is 8.42 Å². The van der Waals surface area contributed by atoms with Crippen LogP contribution in [0, 0.1) is 13.8 Å². The minimum Gasteiger partial charge on any atom is -0.497 e. The molecule has 0 saturated carbocycles. The van der Waals surface area contributed by atoms with Gasteiger partial charge in [-0.3, -0.25) is 0 Å². The van der Waals surface area contributed by atoms with Gasteiger partial charge in [-0.2, -0.15) is 4.31 Å². The molecule has 9 heteroatoms. The molecular formula is C23H27N5O3S. The van der Waals surface area contributed by atoms with Gasteiger partial charge in [-0.25, -0.2) is 18.4 Å². The van der Waals surface area contributed by atoms with E-state index in [1.807, 2.05) is 44.2 Å². The summed E-state index contributed by atoms with van der Waals surface area (Å²) in [5.41, 5.74) is 2.15. The third-order valence-electron chi connectivity index (χ3n) is 5.41. The molecule has 1 saturated heterocycles. The van der Waals surface area contributed by atoms with Gasteiger partial charge in [0.25, 0.3) is 0 Å². The Kier molecular flexibility index (Phi) is 6.29. The first-order valence-electron chi connectivity index (χ1n) is 10.4. The van der Waals surface area contributed by atoms with Gasteiger partial charge < -0.3 is 15.0 Å². The second kappa shape index (κ2) is 9.13. The van der Waals surface area contributed by atoms with Crippen molar-refractivity contribution < 1.29 is 13.2 Å². The highest BCUT2D eigenvalue weighted by Gasteiger charge is 2.29. The Labute approximate surface area is 188 Å². The molecule has 3 aromatic rings. The van der Waals surface area contributed by atoms with Crippen molar-refractivity contribution in [3.8, 4) is 5.75 Å². The summed E-state index contributed by atoms with van der Waals surface area (Å²) in [7, 11) is -1.99. The summed E-state index contributed by atoms with van der Waals surface area (Å²) in [6.07, 6.45) is 0. The van der Waals surface area contributed by atoms with Crippen LogP contribution in [0.5, 0.6) is 5.75 Å². The summed E-state index contributed by atoms with van der Waals surface area (Å²) in [5, 5.41) is 3.32. The van der Waals surface area contributed by atoms with Gasteiger partial charge in [-0.05, 0) is 50.2 Å². The second-order valence-corrected chi connectivity index (χ2v) is 9.65. The molecule has 2 heterocycles. The van der Waals surface area contributed by atoms with Crippen LogP contribution in [0.4, 0.5) is 17.3 Å². The summed E-state index contributed by atoms with van der Waals surface area (Å²) in [6.45, 7) is 5.78. The third kappa shape index (κ3) is 4.84. The van der Waals surface area contributed by atoms with Crippen LogP contribution in [0.1, 0.15) is 11.4 Å². The zero-order valence-electron chi connectivity index (χ0n) is 18.4. The Morgan fingerprint density at radius 3 is 2.19 bits per heavy atom. The Morgan fingerprint density at radius 2 is 1.56 bits per heavy atom. The predicted octanol–water partition coefficient (Wildman–Crippen LogP) is 3.36. The molecule has 0 radical (unpaired) electrons. The number of anilines is 3. The summed E-state index contributed by atoms with van der Waals surface area (Å²) in [5.74, 6) is 2.78. The molecule has 1 aliphatic rings. The lowest BCUT2D eigenvalue weighted by molar-refractivity contribution is 0.383. The van der Waals surface area contributed by atoms with Crippen LogP contribution in [-0.4, -0.2) is 56.0 Å². The Hall–Kier alpha value is -3.17. The quantitative estimate of drug-likeness (QED) is 0.612. The van der Waals surface area contributed by atoms with Crippen molar-refractivity contribution in [2.75, 3.05) is 43.5 Å². The number of aromatic nitrogens is 2. The number of nitrogens with zero attached hydrogens (tertiary/aromatic N) is 4. The normalized spacial score (nSPS) is 14.9. The van der Waals surface area contributed by atoms with Gasteiger partial charge in [0.15, 0.2) is 0 Å². The number of benzene rings is 2. The maximum absolute atomic E-state index is 13.0. The molecule has 0 amide bonds. The molecule has 0 aliphatic carbocycles. The third-order valence-corrected chi connectivity index (χ3v) is 7.32. The maximum atomic E-state index is 13.0. The van der Waals surface area contributed by atoms with Crippen molar-refractivity contribution in [1.82, 2.24) is 14.3 Å². The zero-order chi connectivity index (χ0) is 22.7. The molecule has 0 unspecified atom stereocenters. The first kappa shape index (κ1) is 22.0. The van der Waals surface area contributed by atoms with E-state index in [4.69, 9.17) is 4.74 Å². The van der Waals surface area contributed by atoms with Gasteiger partial charge in [0.05, 0.1) is 12.0 Å². The van der Waals surface area contributed by atoms with Crippen LogP contribution in [0.2, 0.25) is 0 Å². The predicted molar refractivity (Wildman–Crippen MR) is 125 cm³/mol. The van der Waals surface area contributed by atoms with E-state index in [1.54, 1.807) is 31.4 Å². The molecule has 1 N–H and O–H groups in total. The Morgan fingerprint density at radius 1 is 0.906 bits per heavy atom. The molecule has 4 rings (SSSR count). The number of aryl methyl sites for hydroxylation is 2. The smallest absolute Gasteiger partial charge is 0.243 e. The molecular weight excluding hydrogens is 426 g/mol. The van der Waals surface area contributed by atoms with Crippen molar-refractivity contribution in [3.05, 3.63) is 66.0 Å². The average Bonchev–Trinajstić information content (AvgIpc) is 2.80. The molecule has 0 spiro atoms. The fourth-order valence-electron chi connectivity index (χ4n) is 3.62. The maximum Gasteiger partial charge on any atom is 0.243 e. The standard InChI is InChI=1S/C23H27N5O3S/c1-17-4-6-19(7-5-17)26-22-16-23(25-18(2)24-22)27-12-14-28(15-13-27)32(29,30)21-10-8-20(31-3)9-11-21/h4-11,16H,12-15H2,1-3H3,(H,24,25,26). The number of sulfonamides is 1. The number of methoxy groups -OCH3 is 1. The van der Waals surface area contributed by atoms with Crippen LogP contribution in [-0.2, 0) is 10.0 Å². The van der Waals surface area contributed by atoms with Crippen molar-refractivity contribution in [3.63, 3.8) is 0 Å². The van der Waals surface area contributed by atoms with Crippen LogP contribution in [0.3, 0.4) is 0 Å². The van der Waals surface area contributed by atoms with Crippen molar-refractivity contribution in [1.29, 1.82) is 0 Å². The van der Waals surface area contributed by atoms with E-state index in [0.29, 0.717) is 43.6 Å². The number of ether oxygens (including phenoxy) is 1. The lowest BCUT2D eigenvalue weighted by Crippen LogP contribution is -2.49. The molecule has 0 bridgehead atoms. The largest absolute Gasteiger partial charge is 0.497 e. The van der Waals surface area contributed by atoms with E-state index in [1.165, 1.54) is 9.87 Å². The Bertz CT molecular complexity index is 1170.